The minimum absolute atomic E-state index is 0. The molecule has 2 heterocycles. The molecular formula is C25H39IN6O. The molecule has 1 aromatic heterocycles. The number of rotatable bonds is 9. The summed E-state index contributed by atoms with van der Waals surface area (Å²) >= 11 is 0. The summed E-state index contributed by atoms with van der Waals surface area (Å²) in [6.45, 7) is 14.0. The molecule has 3 rings (SSSR count). The third-order valence-electron chi connectivity index (χ3n) is 5.84. The quantitative estimate of drug-likeness (QED) is 0.276. The molecule has 0 bridgehead atoms. The number of hydrogen-bond donors (Lipinski definition) is 2. The molecule has 0 spiro atoms. The molecule has 0 amide bonds. The maximum atomic E-state index is 5.49. The van der Waals surface area contributed by atoms with E-state index in [1.54, 1.807) is 7.11 Å². The molecule has 0 aliphatic carbocycles. The van der Waals surface area contributed by atoms with E-state index in [1.165, 1.54) is 11.1 Å². The number of anilines is 1. The zero-order chi connectivity index (χ0) is 22.8. The molecule has 2 aromatic rings. The Morgan fingerprint density at radius 2 is 1.88 bits per heavy atom. The number of pyridine rings is 1. The first-order chi connectivity index (χ1) is 15.6. The van der Waals surface area contributed by atoms with Gasteiger partial charge in [0.05, 0.1) is 13.7 Å². The molecule has 0 saturated carbocycles. The van der Waals surface area contributed by atoms with Gasteiger partial charge >= 0.3 is 0 Å². The number of nitrogens with one attached hydrogen (secondary N) is 2. The Bertz CT molecular complexity index is 866. The van der Waals surface area contributed by atoms with E-state index in [0.29, 0.717) is 6.54 Å². The molecular weight excluding hydrogens is 527 g/mol. The lowest BCUT2D eigenvalue weighted by molar-refractivity contribution is 0.270. The fourth-order valence-electron chi connectivity index (χ4n) is 3.92. The highest BCUT2D eigenvalue weighted by Gasteiger charge is 2.16. The molecule has 0 radical (unpaired) electrons. The summed E-state index contributed by atoms with van der Waals surface area (Å²) in [5, 5.41) is 6.76. The van der Waals surface area contributed by atoms with Crippen molar-refractivity contribution in [2.75, 3.05) is 57.8 Å². The van der Waals surface area contributed by atoms with Gasteiger partial charge in [0.15, 0.2) is 5.96 Å². The van der Waals surface area contributed by atoms with Gasteiger partial charge in [-0.15, -0.1) is 24.0 Å². The predicted molar refractivity (Wildman–Crippen MR) is 148 cm³/mol. The number of benzene rings is 1. The van der Waals surface area contributed by atoms with Crippen LogP contribution in [0.5, 0.6) is 5.75 Å². The first-order valence-electron chi connectivity index (χ1n) is 11.7. The lowest BCUT2D eigenvalue weighted by Gasteiger charge is -2.34. The standard InChI is InChI=1S/C25H38N6O.HI/c1-5-26-25(27-12-11-22-17-20(3)7-9-23(22)32-4)29-19-21-8-10-24(28-18-21)31-15-13-30(6-2)14-16-31;/h7-10,17-18H,5-6,11-16,19H2,1-4H3,(H2,26,27,29);1H. The number of guanidine groups is 1. The van der Waals surface area contributed by atoms with E-state index in [0.717, 1.165) is 75.3 Å². The molecule has 2 N–H and O–H groups in total. The third kappa shape index (κ3) is 8.33. The highest BCUT2D eigenvalue weighted by Crippen LogP contribution is 2.19. The van der Waals surface area contributed by atoms with Crippen molar-refractivity contribution >= 4 is 35.8 Å². The minimum atomic E-state index is 0. The fraction of sp³-hybridized carbons (Fsp3) is 0.520. The summed E-state index contributed by atoms with van der Waals surface area (Å²) in [5.74, 6) is 2.81. The van der Waals surface area contributed by atoms with Crippen LogP contribution in [0.15, 0.2) is 41.5 Å². The van der Waals surface area contributed by atoms with Crippen molar-refractivity contribution in [2.24, 2.45) is 4.99 Å². The molecule has 1 aliphatic heterocycles. The molecule has 0 unspecified atom stereocenters. The van der Waals surface area contributed by atoms with Gasteiger partial charge in [0.1, 0.15) is 11.6 Å². The molecule has 1 saturated heterocycles. The van der Waals surface area contributed by atoms with Gasteiger partial charge < -0.3 is 25.2 Å². The summed E-state index contributed by atoms with van der Waals surface area (Å²) in [4.78, 5) is 14.3. The zero-order valence-corrected chi connectivity index (χ0v) is 22.8. The number of piperazine rings is 1. The maximum Gasteiger partial charge on any atom is 0.191 e. The van der Waals surface area contributed by atoms with Gasteiger partial charge in [-0.2, -0.15) is 0 Å². The Hall–Kier alpha value is -2.07. The Kier molecular flexibility index (Phi) is 11.7. The minimum Gasteiger partial charge on any atom is -0.496 e. The first-order valence-corrected chi connectivity index (χ1v) is 11.7. The summed E-state index contributed by atoms with van der Waals surface area (Å²) in [6, 6.07) is 10.5. The molecule has 1 aliphatic rings. The number of ether oxygens (including phenoxy) is 1. The smallest absolute Gasteiger partial charge is 0.191 e. The Morgan fingerprint density at radius 3 is 2.52 bits per heavy atom. The number of aliphatic imine (C=N–C) groups is 1. The van der Waals surface area contributed by atoms with Crippen LogP contribution in [0, 0.1) is 6.92 Å². The van der Waals surface area contributed by atoms with Crippen molar-refractivity contribution in [3.8, 4) is 5.75 Å². The number of halogens is 1. The maximum absolute atomic E-state index is 5.49. The largest absolute Gasteiger partial charge is 0.496 e. The highest BCUT2D eigenvalue weighted by atomic mass is 127. The lowest BCUT2D eigenvalue weighted by atomic mass is 10.1. The Balaban J connectivity index is 0.00000385. The molecule has 0 atom stereocenters. The first kappa shape index (κ1) is 27.2. The Labute approximate surface area is 216 Å². The van der Waals surface area contributed by atoms with E-state index in [-0.39, 0.29) is 24.0 Å². The number of nitrogens with zero attached hydrogens (tertiary/aromatic N) is 4. The van der Waals surface area contributed by atoms with Crippen LogP contribution in [-0.4, -0.2) is 68.8 Å². The number of aryl methyl sites for hydroxylation is 1. The third-order valence-corrected chi connectivity index (χ3v) is 5.84. The summed E-state index contributed by atoms with van der Waals surface area (Å²) in [6.07, 6.45) is 2.82. The van der Waals surface area contributed by atoms with Gasteiger partial charge in [-0.25, -0.2) is 9.98 Å². The monoisotopic (exact) mass is 566 g/mol. The summed E-state index contributed by atoms with van der Waals surface area (Å²) < 4.78 is 5.49. The van der Waals surface area contributed by atoms with Gasteiger partial charge in [-0.1, -0.05) is 30.7 Å². The summed E-state index contributed by atoms with van der Waals surface area (Å²) in [5.41, 5.74) is 3.55. The van der Waals surface area contributed by atoms with Crippen molar-refractivity contribution < 1.29 is 4.74 Å². The van der Waals surface area contributed by atoms with Crippen molar-refractivity contribution in [3.63, 3.8) is 0 Å². The number of methoxy groups -OCH3 is 1. The second kappa shape index (κ2) is 14.2. The van der Waals surface area contributed by atoms with E-state index in [2.05, 4.69) is 70.5 Å². The van der Waals surface area contributed by atoms with E-state index >= 15 is 0 Å². The topological polar surface area (TPSA) is 65.0 Å². The molecule has 182 valence electrons. The summed E-state index contributed by atoms with van der Waals surface area (Å²) in [7, 11) is 1.72. The van der Waals surface area contributed by atoms with Gasteiger partial charge in [0, 0.05) is 45.5 Å². The highest BCUT2D eigenvalue weighted by molar-refractivity contribution is 14.0. The van der Waals surface area contributed by atoms with Crippen LogP contribution in [0.3, 0.4) is 0 Å². The molecule has 1 aromatic carbocycles. The van der Waals surface area contributed by atoms with Crippen molar-refractivity contribution in [1.82, 2.24) is 20.5 Å². The molecule has 8 heteroatoms. The lowest BCUT2D eigenvalue weighted by Crippen LogP contribution is -2.46. The van der Waals surface area contributed by atoms with E-state index in [1.807, 2.05) is 12.3 Å². The van der Waals surface area contributed by atoms with E-state index in [9.17, 15) is 0 Å². The second-order valence-corrected chi connectivity index (χ2v) is 8.13. The molecule has 33 heavy (non-hydrogen) atoms. The molecule has 1 fully saturated rings. The number of aromatic nitrogens is 1. The second-order valence-electron chi connectivity index (χ2n) is 8.13. The van der Waals surface area contributed by atoms with Gasteiger partial charge in [-0.3, -0.25) is 0 Å². The van der Waals surface area contributed by atoms with Crippen LogP contribution < -0.4 is 20.3 Å². The zero-order valence-electron chi connectivity index (χ0n) is 20.4. The average molecular weight is 567 g/mol. The van der Waals surface area contributed by atoms with Gasteiger partial charge in [0.2, 0.25) is 0 Å². The van der Waals surface area contributed by atoms with Crippen molar-refractivity contribution in [1.29, 1.82) is 0 Å². The Morgan fingerprint density at radius 1 is 1.09 bits per heavy atom. The van der Waals surface area contributed by atoms with Gasteiger partial charge in [-0.05, 0) is 50.1 Å². The van der Waals surface area contributed by atoms with Gasteiger partial charge in [0.25, 0.3) is 0 Å². The van der Waals surface area contributed by atoms with Crippen molar-refractivity contribution in [3.05, 3.63) is 53.2 Å². The molecule has 7 nitrogen and oxygen atoms in total. The van der Waals surface area contributed by atoms with Crippen LogP contribution in [0.2, 0.25) is 0 Å². The average Bonchev–Trinajstić information content (AvgIpc) is 2.83. The van der Waals surface area contributed by atoms with Crippen LogP contribution in [0.4, 0.5) is 5.82 Å². The van der Waals surface area contributed by atoms with Crippen LogP contribution in [0.1, 0.15) is 30.5 Å². The van der Waals surface area contributed by atoms with Crippen molar-refractivity contribution in [2.45, 2.75) is 33.7 Å². The van der Waals surface area contributed by atoms with Crippen LogP contribution in [0.25, 0.3) is 0 Å². The fourth-order valence-corrected chi connectivity index (χ4v) is 3.92. The normalized spacial score (nSPS) is 14.5. The predicted octanol–water partition coefficient (Wildman–Crippen LogP) is 3.46. The van der Waals surface area contributed by atoms with Crippen LogP contribution >= 0.6 is 24.0 Å². The van der Waals surface area contributed by atoms with Crippen LogP contribution in [-0.2, 0) is 13.0 Å². The number of likely N-dealkylation sites (N-methyl/N-ethyl adjacent to an activating group) is 1. The number of hydrogen-bond acceptors (Lipinski definition) is 5. The SMILES string of the molecule is CCNC(=NCc1ccc(N2CCN(CC)CC2)nc1)NCCc1cc(C)ccc1OC.I. The van der Waals surface area contributed by atoms with E-state index < -0.39 is 0 Å². The van der Waals surface area contributed by atoms with E-state index in [4.69, 9.17) is 9.73 Å².